The molecule has 0 atom stereocenters. The molecule has 1 aromatic rings. The Kier molecular flexibility index (Phi) is 3.00. The van der Waals surface area contributed by atoms with Crippen LogP contribution < -0.4 is 0 Å². The summed E-state index contributed by atoms with van der Waals surface area (Å²) in [7, 11) is 0. The van der Waals surface area contributed by atoms with Gasteiger partial charge in [0.05, 0.1) is 0 Å². The van der Waals surface area contributed by atoms with Crippen molar-refractivity contribution < 1.29 is 13.2 Å². The van der Waals surface area contributed by atoms with Crippen molar-refractivity contribution in [3.05, 3.63) is 22.8 Å². The molecule has 0 aliphatic carbocycles. The summed E-state index contributed by atoms with van der Waals surface area (Å²) in [5.74, 6) is 0. The fraction of sp³-hybridized carbons (Fsp3) is 0.167. The number of pyridine rings is 1. The predicted molar refractivity (Wildman–Crippen MR) is 43.8 cm³/mol. The van der Waals surface area contributed by atoms with Crippen molar-refractivity contribution in [1.29, 1.82) is 0 Å². The van der Waals surface area contributed by atoms with Crippen molar-refractivity contribution in [3.8, 4) is 0 Å². The first-order chi connectivity index (χ1) is 5.47. The summed E-state index contributed by atoms with van der Waals surface area (Å²) in [6, 6.07) is 2.89. The summed E-state index contributed by atoms with van der Waals surface area (Å²) in [5.41, 5.74) is -4.27. The van der Waals surface area contributed by atoms with Crippen LogP contribution in [0, 0.1) is 0 Å². The van der Waals surface area contributed by atoms with E-state index in [1.54, 1.807) is 6.07 Å². The molecule has 0 fully saturated rings. The maximum atomic E-state index is 11.8. The van der Waals surface area contributed by atoms with Gasteiger partial charge in [-0.05, 0) is 12.1 Å². The largest absolute Gasteiger partial charge is 0.447 e. The molecule has 0 saturated carbocycles. The third-order valence-electron chi connectivity index (χ3n) is 0.917. The molecule has 1 heterocycles. The van der Waals surface area contributed by atoms with E-state index in [0.29, 0.717) is 4.47 Å². The van der Waals surface area contributed by atoms with E-state index >= 15 is 0 Å². The lowest BCUT2D eigenvalue weighted by molar-refractivity contribution is -0.0329. The Hall–Kier alpha value is -0.230. The minimum absolute atomic E-state index is 0.0584. The zero-order valence-electron chi connectivity index (χ0n) is 5.60. The molecule has 0 bridgehead atoms. The van der Waals surface area contributed by atoms with Crippen LogP contribution in [0.5, 0.6) is 0 Å². The molecule has 12 heavy (non-hydrogen) atoms. The van der Waals surface area contributed by atoms with Crippen LogP contribution in [0.3, 0.4) is 0 Å². The third kappa shape index (κ3) is 3.44. The Morgan fingerprint density at radius 1 is 1.42 bits per heavy atom. The van der Waals surface area contributed by atoms with Crippen molar-refractivity contribution in [2.24, 2.45) is 0 Å². The van der Waals surface area contributed by atoms with Crippen LogP contribution in [0.2, 0.25) is 0 Å². The lowest BCUT2D eigenvalue weighted by Gasteiger charge is -2.03. The highest BCUT2D eigenvalue weighted by molar-refractivity contribution is 9.10. The number of hydrogen-bond acceptors (Lipinski definition) is 2. The Morgan fingerprint density at radius 3 is 2.58 bits per heavy atom. The molecule has 0 unspecified atom stereocenters. The molecule has 0 amide bonds. The van der Waals surface area contributed by atoms with Crippen LogP contribution in [0.1, 0.15) is 0 Å². The SMILES string of the molecule is FC(F)(F)Sc1cc(Br)ccn1. The quantitative estimate of drug-likeness (QED) is 0.715. The molecule has 1 nitrogen and oxygen atoms in total. The first-order valence-corrected chi connectivity index (χ1v) is 4.45. The molecule has 0 aliphatic rings. The molecule has 0 saturated heterocycles. The van der Waals surface area contributed by atoms with Gasteiger partial charge in [0.15, 0.2) is 0 Å². The molecule has 1 aromatic heterocycles. The summed E-state index contributed by atoms with van der Waals surface area (Å²) in [4.78, 5) is 3.54. The van der Waals surface area contributed by atoms with E-state index in [2.05, 4.69) is 20.9 Å². The number of hydrogen-bond donors (Lipinski definition) is 0. The van der Waals surface area contributed by atoms with Crippen LogP contribution in [0.15, 0.2) is 27.8 Å². The Balaban J connectivity index is 2.77. The monoisotopic (exact) mass is 257 g/mol. The molecular formula is C6H3BrF3NS. The molecule has 6 heteroatoms. The molecule has 0 N–H and O–H groups in total. The van der Waals surface area contributed by atoms with Gasteiger partial charge in [0, 0.05) is 22.4 Å². The number of halogens is 4. The fourth-order valence-corrected chi connectivity index (χ4v) is 1.58. The third-order valence-corrected chi connectivity index (χ3v) is 2.07. The lowest BCUT2D eigenvalue weighted by Crippen LogP contribution is -1.99. The summed E-state index contributed by atoms with van der Waals surface area (Å²) in [6.45, 7) is 0. The second-order valence-electron chi connectivity index (χ2n) is 1.86. The first-order valence-electron chi connectivity index (χ1n) is 2.85. The summed E-state index contributed by atoms with van der Waals surface area (Å²) < 4.78 is 35.9. The van der Waals surface area contributed by atoms with Gasteiger partial charge in [-0.15, -0.1) is 0 Å². The van der Waals surface area contributed by atoms with E-state index in [1.807, 2.05) is 0 Å². The molecule has 0 radical (unpaired) electrons. The lowest BCUT2D eigenvalue weighted by atomic mass is 10.5. The molecular weight excluding hydrogens is 255 g/mol. The van der Waals surface area contributed by atoms with Crippen LogP contribution >= 0.6 is 27.7 Å². The second-order valence-corrected chi connectivity index (χ2v) is 3.86. The van der Waals surface area contributed by atoms with Gasteiger partial charge in [-0.3, -0.25) is 0 Å². The number of nitrogens with zero attached hydrogens (tertiary/aromatic N) is 1. The van der Waals surface area contributed by atoms with Crippen LogP contribution in [0.25, 0.3) is 0 Å². The first kappa shape index (κ1) is 9.85. The highest BCUT2D eigenvalue weighted by Crippen LogP contribution is 2.36. The summed E-state index contributed by atoms with van der Waals surface area (Å²) in [6.07, 6.45) is 1.32. The van der Waals surface area contributed by atoms with E-state index in [9.17, 15) is 13.2 Å². The second kappa shape index (κ2) is 3.66. The molecule has 0 aliphatic heterocycles. The van der Waals surface area contributed by atoms with E-state index < -0.39 is 5.51 Å². The smallest absolute Gasteiger partial charge is 0.250 e. The Bertz CT molecular complexity index is 276. The van der Waals surface area contributed by atoms with Gasteiger partial charge in [0.1, 0.15) is 5.03 Å². The zero-order valence-corrected chi connectivity index (χ0v) is 8.00. The summed E-state index contributed by atoms with van der Waals surface area (Å²) in [5, 5.41) is -0.0584. The molecule has 0 aromatic carbocycles. The van der Waals surface area contributed by atoms with Gasteiger partial charge in [-0.25, -0.2) is 4.98 Å². The van der Waals surface area contributed by atoms with Gasteiger partial charge in [-0.1, -0.05) is 15.9 Å². The van der Waals surface area contributed by atoms with Crippen LogP contribution in [-0.2, 0) is 0 Å². The molecule has 0 spiro atoms. The van der Waals surface area contributed by atoms with Gasteiger partial charge in [0.2, 0.25) is 0 Å². The van der Waals surface area contributed by atoms with Crippen molar-refractivity contribution in [3.63, 3.8) is 0 Å². The molecule has 66 valence electrons. The number of aromatic nitrogens is 1. The van der Waals surface area contributed by atoms with E-state index in [0.717, 1.165) is 0 Å². The number of rotatable bonds is 1. The number of thioether (sulfide) groups is 1. The normalized spacial score (nSPS) is 11.7. The Morgan fingerprint density at radius 2 is 2.08 bits per heavy atom. The van der Waals surface area contributed by atoms with Crippen molar-refractivity contribution in [2.45, 2.75) is 10.5 Å². The van der Waals surface area contributed by atoms with E-state index in [-0.39, 0.29) is 16.8 Å². The Labute approximate surface area is 79.5 Å². The standard InChI is InChI=1S/C6H3BrF3NS/c7-4-1-2-11-5(3-4)12-6(8,9)10/h1-3H. The van der Waals surface area contributed by atoms with Gasteiger partial charge in [-0.2, -0.15) is 13.2 Å². The van der Waals surface area contributed by atoms with Crippen molar-refractivity contribution >= 4 is 27.7 Å². The maximum absolute atomic E-state index is 11.8. The minimum Gasteiger partial charge on any atom is -0.250 e. The molecule has 1 rings (SSSR count). The summed E-state index contributed by atoms with van der Waals surface area (Å²) >= 11 is 2.82. The van der Waals surface area contributed by atoms with Gasteiger partial charge in [0.25, 0.3) is 0 Å². The van der Waals surface area contributed by atoms with Crippen molar-refractivity contribution in [1.82, 2.24) is 4.98 Å². The average molecular weight is 258 g/mol. The van der Waals surface area contributed by atoms with E-state index in [1.165, 1.54) is 12.3 Å². The van der Waals surface area contributed by atoms with Crippen molar-refractivity contribution in [2.75, 3.05) is 0 Å². The highest BCUT2D eigenvalue weighted by atomic mass is 79.9. The van der Waals surface area contributed by atoms with E-state index in [4.69, 9.17) is 0 Å². The topological polar surface area (TPSA) is 12.9 Å². The van der Waals surface area contributed by atoms with Crippen LogP contribution in [-0.4, -0.2) is 10.5 Å². The van der Waals surface area contributed by atoms with Gasteiger partial charge >= 0.3 is 5.51 Å². The minimum atomic E-state index is -4.27. The zero-order chi connectivity index (χ0) is 9.19. The fourth-order valence-electron chi connectivity index (χ4n) is 0.560. The average Bonchev–Trinajstić information content (AvgIpc) is 1.82. The maximum Gasteiger partial charge on any atom is 0.447 e. The highest BCUT2D eigenvalue weighted by Gasteiger charge is 2.29. The number of alkyl halides is 3. The predicted octanol–water partition coefficient (Wildman–Crippen LogP) is 3.46. The van der Waals surface area contributed by atoms with Gasteiger partial charge < -0.3 is 0 Å². The van der Waals surface area contributed by atoms with Crippen LogP contribution in [0.4, 0.5) is 13.2 Å².